The van der Waals surface area contributed by atoms with Crippen molar-refractivity contribution in [3.8, 4) is 5.75 Å². The first-order valence-electron chi connectivity index (χ1n) is 11.8. The summed E-state index contributed by atoms with van der Waals surface area (Å²) < 4.78 is 61.4. The number of halogens is 4. The number of anilines is 2. The minimum Gasteiger partial charge on any atom is -0.403 e. The minimum atomic E-state index is -5.16. The first kappa shape index (κ1) is 30.0. The number of hydrogen-bond donors (Lipinski definition) is 4. The Morgan fingerprint density at radius 2 is 1.98 bits per heavy atom. The highest BCUT2D eigenvalue weighted by molar-refractivity contribution is 6.43. The number of methoxy groups -OCH3 is 1. The number of rotatable bonds is 10. The van der Waals surface area contributed by atoms with Gasteiger partial charge < -0.3 is 30.7 Å². The van der Waals surface area contributed by atoms with Crippen LogP contribution in [-0.4, -0.2) is 72.0 Å². The maximum atomic E-state index is 14.7. The van der Waals surface area contributed by atoms with Gasteiger partial charge in [-0.05, 0) is 30.2 Å². The van der Waals surface area contributed by atoms with Crippen molar-refractivity contribution in [3.63, 3.8) is 0 Å². The summed E-state index contributed by atoms with van der Waals surface area (Å²) in [5.41, 5.74) is 5.89. The zero-order valence-corrected chi connectivity index (χ0v) is 21.5. The van der Waals surface area contributed by atoms with E-state index in [0.29, 0.717) is 17.7 Å². The second-order valence-electron chi connectivity index (χ2n) is 8.64. The normalized spacial score (nSPS) is 16.9. The molecule has 40 heavy (non-hydrogen) atoms. The average molecular weight is 568 g/mol. The SMILES string of the molecule is C=C1CN(C(=O)CNc2cnc(CC)cc2C(=[NH2+])C(N)=O)[C@H](C(=O)Nc2cccc(OC(F)(F)F)c2F)[C@@H]1OC. The molecule has 0 bridgehead atoms. The Morgan fingerprint density at radius 3 is 2.58 bits per heavy atom. The molecule has 2 atom stereocenters. The van der Waals surface area contributed by atoms with Crippen LogP contribution in [0.4, 0.5) is 28.9 Å². The largest absolute Gasteiger partial charge is 0.573 e. The highest BCUT2D eigenvalue weighted by Gasteiger charge is 2.44. The predicted octanol–water partition coefficient (Wildman–Crippen LogP) is 0.548. The van der Waals surface area contributed by atoms with Crippen LogP contribution in [0.3, 0.4) is 0 Å². The van der Waals surface area contributed by atoms with Crippen LogP contribution in [0.5, 0.6) is 5.75 Å². The molecule has 0 aliphatic carbocycles. The Morgan fingerprint density at radius 1 is 1.27 bits per heavy atom. The number of benzene rings is 1. The van der Waals surface area contributed by atoms with Crippen LogP contribution in [-0.2, 0) is 25.5 Å². The molecule has 2 heterocycles. The molecule has 1 aromatic carbocycles. The maximum Gasteiger partial charge on any atom is 0.573 e. The van der Waals surface area contributed by atoms with E-state index in [0.717, 1.165) is 23.1 Å². The third-order valence-electron chi connectivity index (χ3n) is 6.00. The molecule has 1 saturated heterocycles. The molecule has 1 aliphatic rings. The van der Waals surface area contributed by atoms with E-state index in [1.165, 1.54) is 13.3 Å². The van der Waals surface area contributed by atoms with Crippen LogP contribution < -0.4 is 26.5 Å². The molecule has 2 aromatic rings. The molecule has 15 heteroatoms. The minimum absolute atomic E-state index is 0.105. The van der Waals surface area contributed by atoms with Crippen LogP contribution in [0.25, 0.3) is 0 Å². The molecule has 3 amide bonds. The Bertz CT molecular complexity index is 1350. The number of aryl methyl sites for hydroxylation is 1. The number of alkyl halides is 3. The number of carbonyl (C=O) groups is 3. The summed E-state index contributed by atoms with van der Waals surface area (Å²) in [7, 11) is 1.27. The van der Waals surface area contributed by atoms with Crippen LogP contribution in [0.2, 0.25) is 0 Å². The molecule has 0 radical (unpaired) electrons. The molecular formula is C25H27F4N6O5+. The highest BCUT2D eigenvalue weighted by atomic mass is 19.4. The van der Waals surface area contributed by atoms with Gasteiger partial charge in [0.1, 0.15) is 12.1 Å². The van der Waals surface area contributed by atoms with Crippen LogP contribution >= 0.6 is 0 Å². The number of amides is 3. The Balaban J connectivity index is 1.82. The number of nitrogens with zero attached hydrogens (tertiary/aromatic N) is 2. The molecular weight excluding hydrogens is 540 g/mol. The number of nitrogens with two attached hydrogens (primary N) is 2. The van der Waals surface area contributed by atoms with Crippen molar-refractivity contribution in [1.29, 1.82) is 0 Å². The molecule has 0 saturated carbocycles. The van der Waals surface area contributed by atoms with Crippen molar-refractivity contribution in [3.05, 3.63) is 59.7 Å². The first-order chi connectivity index (χ1) is 18.8. The van der Waals surface area contributed by atoms with Crippen molar-refractivity contribution in [1.82, 2.24) is 9.88 Å². The molecule has 214 valence electrons. The topological polar surface area (TPSA) is 161 Å². The summed E-state index contributed by atoms with van der Waals surface area (Å²) in [5.74, 6) is -5.05. The van der Waals surface area contributed by atoms with Gasteiger partial charge in [-0.25, -0.2) is 9.80 Å². The Labute approximate surface area is 225 Å². The van der Waals surface area contributed by atoms with Crippen molar-refractivity contribution < 1.29 is 46.8 Å². The number of carbonyl (C=O) groups excluding carboxylic acids is 3. The van der Waals surface area contributed by atoms with Crippen molar-refractivity contribution in [2.24, 2.45) is 5.73 Å². The summed E-state index contributed by atoms with van der Waals surface area (Å²) in [4.78, 5) is 43.4. The van der Waals surface area contributed by atoms with E-state index in [9.17, 15) is 31.9 Å². The third-order valence-corrected chi connectivity index (χ3v) is 6.00. The summed E-state index contributed by atoms with van der Waals surface area (Å²) in [5, 5.41) is 10.9. The van der Waals surface area contributed by atoms with Crippen molar-refractivity contribution >= 4 is 34.8 Å². The smallest absolute Gasteiger partial charge is 0.403 e. The predicted molar refractivity (Wildman–Crippen MR) is 134 cm³/mol. The van der Waals surface area contributed by atoms with E-state index >= 15 is 0 Å². The molecule has 6 N–H and O–H groups in total. The van der Waals surface area contributed by atoms with E-state index in [1.807, 2.05) is 6.92 Å². The fraction of sp³-hybridized carbons (Fsp3) is 0.320. The quantitative estimate of drug-likeness (QED) is 0.185. The summed E-state index contributed by atoms with van der Waals surface area (Å²) in [6.45, 7) is 5.16. The van der Waals surface area contributed by atoms with Gasteiger partial charge in [-0.2, -0.15) is 0 Å². The first-order valence-corrected chi connectivity index (χ1v) is 11.8. The van der Waals surface area contributed by atoms with E-state index in [1.54, 1.807) is 6.07 Å². The van der Waals surface area contributed by atoms with E-state index < -0.39 is 60.0 Å². The fourth-order valence-corrected chi connectivity index (χ4v) is 4.09. The number of primary amides is 1. The van der Waals surface area contributed by atoms with E-state index in [4.69, 9.17) is 15.9 Å². The van der Waals surface area contributed by atoms with Gasteiger partial charge in [-0.1, -0.05) is 19.6 Å². The van der Waals surface area contributed by atoms with Gasteiger partial charge in [-0.3, -0.25) is 19.4 Å². The van der Waals surface area contributed by atoms with Gasteiger partial charge in [0.2, 0.25) is 11.8 Å². The number of likely N-dealkylation sites (tertiary alicyclic amines) is 1. The molecule has 0 spiro atoms. The average Bonchev–Trinajstić information content (AvgIpc) is 3.24. The molecule has 11 nitrogen and oxygen atoms in total. The van der Waals surface area contributed by atoms with Crippen molar-refractivity contribution in [2.75, 3.05) is 30.8 Å². The molecule has 1 aliphatic heterocycles. The fourth-order valence-electron chi connectivity index (χ4n) is 4.09. The molecule has 1 aromatic heterocycles. The molecule has 3 rings (SSSR count). The Hall–Kier alpha value is -4.53. The standard InChI is InChI=1S/C25H26F4N6O5/c1-4-13-8-14(20(30)23(31)37)16(9-32-13)33-10-18(36)35-11-12(2)22(39-3)21(35)24(38)34-15-6-5-7-17(19(15)26)40-25(27,28)29/h5-9,21-22,30,33H,2,4,10-11H2,1,3H3,(H2,31,37)(H,34,38)/p+1/t21-,22+/m0/s1. The lowest BCUT2D eigenvalue weighted by Crippen LogP contribution is -2.50. The van der Waals surface area contributed by atoms with Gasteiger partial charge in [0.05, 0.1) is 29.7 Å². The number of aromatic nitrogens is 1. The maximum absolute atomic E-state index is 14.7. The van der Waals surface area contributed by atoms with Gasteiger partial charge in [-0.15, -0.1) is 13.2 Å². The summed E-state index contributed by atoms with van der Waals surface area (Å²) >= 11 is 0. The number of ether oxygens (including phenoxy) is 2. The van der Waals surface area contributed by atoms with E-state index in [-0.39, 0.29) is 23.5 Å². The van der Waals surface area contributed by atoms with Gasteiger partial charge in [0.25, 0.3) is 5.71 Å². The van der Waals surface area contributed by atoms with Crippen LogP contribution in [0.1, 0.15) is 18.2 Å². The monoisotopic (exact) mass is 567 g/mol. The van der Waals surface area contributed by atoms with Crippen LogP contribution in [0, 0.1) is 5.82 Å². The van der Waals surface area contributed by atoms with Gasteiger partial charge >= 0.3 is 12.3 Å². The molecule has 1 fully saturated rings. The number of nitrogens with one attached hydrogen (secondary N) is 2. The Kier molecular flexibility index (Phi) is 9.09. The second kappa shape index (κ2) is 12.1. The second-order valence-corrected chi connectivity index (χ2v) is 8.64. The van der Waals surface area contributed by atoms with Gasteiger partial charge in [0.15, 0.2) is 11.6 Å². The zero-order chi connectivity index (χ0) is 29.8. The van der Waals surface area contributed by atoms with E-state index in [2.05, 4.69) is 26.9 Å². The lowest BCUT2D eigenvalue weighted by molar-refractivity contribution is -0.275. The third kappa shape index (κ3) is 6.72. The zero-order valence-electron chi connectivity index (χ0n) is 21.5. The summed E-state index contributed by atoms with van der Waals surface area (Å²) in [6, 6.07) is 3.03. The number of hydrogen-bond acceptors (Lipinski definition) is 7. The number of pyridine rings is 1. The lowest BCUT2D eigenvalue weighted by atomic mass is 10.1. The lowest BCUT2D eigenvalue weighted by Gasteiger charge is -2.27. The van der Waals surface area contributed by atoms with Gasteiger partial charge in [0, 0.05) is 19.3 Å². The summed E-state index contributed by atoms with van der Waals surface area (Å²) in [6.07, 6.45) is -4.24. The molecule has 0 unspecified atom stereocenters. The highest BCUT2D eigenvalue weighted by Crippen LogP contribution is 2.31. The van der Waals surface area contributed by atoms with Crippen LogP contribution in [0.15, 0.2) is 42.6 Å². The van der Waals surface area contributed by atoms with Crippen molar-refractivity contribution in [2.45, 2.75) is 31.9 Å².